The lowest BCUT2D eigenvalue weighted by molar-refractivity contribution is -0.121. The molecule has 0 saturated carbocycles. The SMILES string of the molecule is CC1(Cl)C(=O)NN=C1C(F)(F)F. The third kappa shape index (κ3) is 1.26. The van der Waals surface area contributed by atoms with Gasteiger partial charge >= 0.3 is 6.18 Å². The van der Waals surface area contributed by atoms with Crippen molar-refractivity contribution in [1.29, 1.82) is 0 Å². The second kappa shape index (κ2) is 2.35. The molecule has 0 saturated heterocycles. The second-order valence-corrected chi connectivity index (χ2v) is 3.16. The fourth-order valence-electron chi connectivity index (χ4n) is 0.754. The zero-order valence-electron chi connectivity index (χ0n) is 5.87. The summed E-state index contributed by atoms with van der Waals surface area (Å²) in [5.41, 5.74) is 0.359. The molecule has 1 heterocycles. The minimum atomic E-state index is -4.67. The minimum absolute atomic E-state index is 0.948. The average molecular weight is 201 g/mol. The van der Waals surface area contributed by atoms with Crippen LogP contribution < -0.4 is 5.43 Å². The molecule has 0 aromatic carbocycles. The highest BCUT2D eigenvalue weighted by molar-refractivity contribution is 6.49. The molecule has 1 atom stereocenters. The molecule has 0 aromatic rings. The number of carbonyl (C=O) groups excluding carboxylic acids is 1. The zero-order valence-corrected chi connectivity index (χ0v) is 6.62. The summed E-state index contributed by atoms with van der Waals surface area (Å²) in [6.45, 7) is 0.948. The maximum Gasteiger partial charge on any atom is 0.433 e. The highest BCUT2D eigenvalue weighted by Crippen LogP contribution is 2.32. The molecular weight excluding hydrogens is 197 g/mol. The van der Waals surface area contributed by atoms with Crippen molar-refractivity contribution >= 4 is 23.2 Å². The largest absolute Gasteiger partial charge is 0.433 e. The molecule has 7 heteroatoms. The molecule has 1 rings (SSSR count). The maximum atomic E-state index is 12.0. The first kappa shape index (κ1) is 9.31. The highest BCUT2D eigenvalue weighted by atomic mass is 35.5. The van der Waals surface area contributed by atoms with Gasteiger partial charge in [-0.2, -0.15) is 18.3 Å². The molecule has 0 radical (unpaired) electrons. The molecule has 1 aliphatic rings. The van der Waals surface area contributed by atoms with Crippen molar-refractivity contribution < 1.29 is 18.0 Å². The predicted octanol–water partition coefficient (Wildman–Crippen LogP) is 1.03. The predicted molar refractivity (Wildman–Crippen MR) is 35.9 cm³/mol. The molecule has 1 aliphatic heterocycles. The molecule has 0 fully saturated rings. The van der Waals surface area contributed by atoms with Crippen LogP contribution in [0.25, 0.3) is 0 Å². The van der Waals surface area contributed by atoms with Crippen LogP contribution in [-0.2, 0) is 4.79 Å². The Kier molecular flexibility index (Phi) is 1.82. The van der Waals surface area contributed by atoms with E-state index in [0.717, 1.165) is 6.92 Å². The molecule has 0 aromatic heterocycles. The van der Waals surface area contributed by atoms with Crippen molar-refractivity contribution in [2.45, 2.75) is 18.0 Å². The first-order valence-electron chi connectivity index (χ1n) is 2.91. The Morgan fingerprint density at radius 2 is 2.08 bits per heavy atom. The number of carbonyl (C=O) groups is 1. The first-order valence-corrected chi connectivity index (χ1v) is 3.29. The van der Waals surface area contributed by atoms with E-state index in [4.69, 9.17) is 11.6 Å². The Balaban J connectivity index is 3.03. The van der Waals surface area contributed by atoms with Gasteiger partial charge in [0.1, 0.15) is 0 Å². The molecule has 0 aliphatic carbocycles. The fourth-order valence-corrected chi connectivity index (χ4v) is 0.945. The molecule has 1 amide bonds. The van der Waals surface area contributed by atoms with Crippen LogP contribution in [0.3, 0.4) is 0 Å². The summed E-state index contributed by atoms with van der Waals surface area (Å²) in [5.74, 6) is -0.962. The van der Waals surface area contributed by atoms with Crippen LogP contribution in [0.15, 0.2) is 5.10 Å². The Morgan fingerprint density at radius 1 is 1.58 bits per heavy atom. The van der Waals surface area contributed by atoms with Gasteiger partial charge in [-0.05, 0) is 6.92 Å². The lowest BCUT2D eigenvalue weighted by atomic mass is 10.1. The van der Waals surface area contributed by atoms with E-state index in [0.29, 0.717) is 0 Å². The van der Waals surface area contributed by atoms with Crippen molar-refractivity contribution in [3.05, 3.63) is 0 Å². The smallest absolute Gasteiger partial charge is 0.271 e. The summed E-state index contributed by atoms with van der Waals surface area (Å²) in [5, 5.41) is 2.80. The Hall–Kier alpha value is -0.780. The van der Waals surface area contributed by atoms with Gasteiger partial charge < -0.3 is 0 Å². The molecular formula is C5H4ClF3N2O. The summed E-state index contributed by atoms with van der Waals surface area (Å²) in [6, 6.07) is 0. The number of hydrogen-bond acceptors (Lipinski definition) is 2. The summed E-state index contributed by atoms with van der Waals surface area (Å²) in [6.07, 6.45) is -4.67. The van der Waals surface area contributed by atoms with Crippen LogP contribution in [0.1, 0.15) is 6.92 Å². The van der Waals surface area contributed by atoms with Crippen LogP contribution in [0.5, 0.6) is 0 Å². The third-order valence-corrected chi connectivity index (χ3v) is 1.76. The lowest BCUT2D eigenvalue weighted by Gasteiger charge is -2.15. The number of nitrogens with zero attached hydrogens (tertiary/aromatic N) is 1. The fraction of sp³-hybridized carbons (Fsp3) is 0.600. The van der Waals surface area contributed by atoms with Gasteiger partial charge in [0.2, 0.25) is 0 Å². The third-order valence-electron chi connectivity index (χ3n) is 1.41. The highest BCUT2D eigenvalue weighted by Gasteiger charge is 2.54. The number of halogens is 4. The van der Waals surface area contributed by atoms with Gasteiger partial charge in [-0.3, -0.25) is 4.79 Å². The average Bonchev–Trinajstić information content (AvgIpc) is 2.06. The number of hydrazone groups is 1. The van der Waals surface area contributed by atoms with Crippen LogP contribution in [-0.4, -0.2) is 22.7 Å². The number of hydrogen-bond donors (Lipinski definition) is 1. The molecule has 1 unspecified atom stereocenters. The zero-order chi connectivity index (χ0) is 9.57. The second-order valence-electron chi connectivity index (χ2n) is 2.40. The summed E-state index contributed by atoms with van der Waals surface area (Å²) < 4.78 is 36.1. The van der Waals surface area contributed by atoms with E-state index in [1.165, 1.54) is 0 Å². The quantitative estimate of drug-likeness (QED) is 0.583. The van der Waals surface area contributed by atoms with Crippen LogP contribution >= 0.6 is 11.6 Å². The molecule has 68 valence electrons. The normalized spacial score (nSPS) is 30.1. The molecule has 12 heavy (non-hydrogen) atoms. The van der Waals surface area contributed by atoms with E-state index in [1.807, 2.05) is 0 Å². The van der Waals surface area contributed by atoms with Crippen molar-refractivity contribution in [1.82, 2.24) is 5.43 Å². The summed E-state index contributed by atoms with van der Waals surface area (Å²) in [7, 11) is 0. The van der Waals surface area contributed by atoms with E-state index in [-0.39, 0.29) is 0 Å². The minimum Gasteiger partial charge on any atom is -0.271 e. The Labute approximate surface area is 70.6 Å². The van der Waals surface area contributed by atoms with Gasteiger partial charge in [-0.1, -0.05) is 0 Å². The van der Waals surface area contributed by atoms with Crippen molar-refractivity contribution in [3.63, 3.8) is 0 Å². The topological polar surface area (TPSA) is 41.5 Å². The maximum absolute atomic E-state index is 12.0. The molecule has 3 nitrogen and oxygen atoms in total. The van der Waals surface area contributed by atoms with Crippen molar-refractivity contribution in [3.8, 4) is 0 Å². The monoisotopic (exact) mass is 200 g/mol. The van der Waals surface area contributed by atoms with Gasteiger partial charge in [0, 0.05) is 0 Å². The van der Waals surface area contributed by atoms with Gasteiger partial charge in [0.05, 0.1) is 0 Å². The van der Waals surface area contributed by atoms with Gasteiger partial charge in [0.15, 0.2) is 10.6 Å². The number of rotatable bonds is 0. The lowest BCUT2D eigenvalue weighted by Crippen LogP contribution is -2.43. The Bertz CT molecular complexity index is 258. The van der Waals surface area contributed by atoms with Crippen molar-refractivity contribution in [2.75, 3.05) is 0 Å². The van der Waals surface area contributed by atoms with Crippen LogP contribution in [0.2, 0.25) is 0 Å². The van der Waals surface area contributed by atoms with Gasteiger partial charge in [0.25, 0.3) is 5.91 Å². The molecule has 0 bridgehead atoms. The summed E-state index contributed by atoms with van der Waals surface area (Å²) in [4.78, 5) is 8.60. The first-order chi connectivity index (χ1) is 5.26. The van der Waals surface area contributed by atoms with E-state index >= 15 is 0 Å². The summed E-state index contributed by atoms with van der Waals surface area (Å²) >= 11 is 5.31. The number of nitrogens with one attached hydrogen (secondary N) is 1. The number of alkyl halides is 4. The van der Waals surface area contributed by atoms with E-state index < -0.39 is 22.7 Å². The van der Waals surface area contributed by atoms with Gasteiger partial charge in [-0.15, -0.1) is 11.6 Å². The van der Waals surface area contributed by atoms with Crippen molar-refractivity contribution in [2.24, 2.45) is 5.10 Å². The van der Waals surface area contributed by atoms with E-state index in [2.05, 4.69) is 5.10 Å². The van der Waals surface area contributed by atoms with E-state index in [9.17, 15) is 18.0 Å². The van der Waals surface area contributed by atoms with Crippen LogP contribution in [0.4, 0.5) is 13.2 Å². The number of amides is 1. The van der Waals surface area contributed by atoms with E-state index in [1.54, 1.807) is 5.43 Å². The molecule has 0 spiro atoms. The molecule has 1 N–H and O–H groups in total. The van der Waals surface area contributed by atoms with Gasteiger partial charge in [-0.25, -0.2) is 5.43 Å². The van der Waals surface area contributed by atoms with Crippen LogP contribution in [0, 0.1) is 0 Å². The standard InChI is InChI=1S/C5H4ClF3N2O/c1-4(6)2(5(7,8)9)10-11-3(4)12/h1H3,(H,11,12). The Morgan fingerprint density at radius 3 is 2.25 bits per heavy atom.